The standard InChI is InChI=1S/C22H34O4/c1-13(23)26-15-8-10-21(2)14(12-15)4-5-16-17-6-7-19(20(24)25)22(17,3)11-9-18(16)21/h14-19H,4-12H2,1-3H3,(H,24,25)/t14-,15+,16-,17+,18+,19-,21-,22-/m0/s1. The number of ether oxygens (including phenoxy) is 1. The van der Waals surface area contributed by atoms with Gasteiger partial charge in [0.2, 0.25) is 0 Å². The van der Waals surface area contributed by atoms with Crippen LogP contribution in [0.4, 0.5) is 0 Å². The van der Waals surface area contributed by atoms with Crippen molar-refractivity contribution >= 4 is 11.9 Å². The van der Waals surface area contributed by atoms with Crippen LogP contribution in [0.3, 0.4) is 0 Å². The summed E-state index contributed by atoms with van der Waals surface area (Å²) in [4.78, 5) is 23.2. The first kappa shape index (κ1) is 18.3. The molecular weight excluding hydrogens is 328 g/mol. The molecule has 4 rings (SSSR count). The highest BCUT2D eigenvalue weighted by molar-refractivity contribution is 5.71. The maximum atomic E-state index is 11.8. The van der Waals surface area contributed by atoms with Gasteiger partial charge in [-0.05, 0) is 92.3 Å². The van der Waals surface area contributed by atoms with Crippen molar-refractivity contribution < 1.29 is 19.4 Å². The molecular formula is C22H34O4. The van der Waals surface area contributed by atoms with Crippen molar-refractivity contribution in [3.05, 3.63) is 0 Å². The molecule has 4 aliphatic carbocycles. The summed E-state index contributed by atoms with van der Waals surface area (Å²) < 4.78 is 5.54. The van der Waals surface area contributed by atoms with E-state index in [0.29, 0.717) is 23.2 Å². The van der Waals surface area contributed by atoms with Crippen LogP contribution in [0.15, 0.2) is 0 Å². The highest BCUT2D eigenvalue weighted by atomic mass is 16.5. The third-order valence-corrected chi connectivity index (χ3v) is 9.25. The maximum Gasteiger partial charge on any atom is 0.307 e. The van der Waals surface area contributed by atoms with Gasteiger partial charge in [0.15, 0.2) is 0 Å². The normalized spacial score (nSPS) is 50.3. The first-order chi connectivity index (χ1) is 12.3. The van der Waals surface area contributed by atoms with Crippen molar-refractivity contribution in [1.29, 1.82) is 0 Å². The van der Waals surface area contributed by atoms with E-state index in [9.17, 15) is 14.7 Å². The van der Waals surface area contributed by atoms with E-state index in [4.69, 9.17) is 4.74 Å². The summed E-state index contributed by atoms with van der Waals surface area (Å²) in [5.74, 6) is 1.81. The van der Waals surface area contributed by atoms with Gasteiger partial charge >= 0.3 is 11.9 Å². The average Bonchev–Trinajstić information content (AvgIpc) is 2.92. The first-order valence-electron chi connectivity index (χ1n) is 10.7. The second-order valence-corrected chi connectivity index (χ2v) is 10.2. The predicted molar refractivity (Wildman–Crippen MR) is 98.4 cm³/mol. The predicted octanol–water partition coefficient (Wildman–Crippen LogP) is 4.66. The molecule has 0 unspecified atom stereocenters. The molecule has 146 valence electrons. The highest BCUT2D eigenvalue weighted by Gasteiger charge is 2.61. The van der Waals surface area contributed by atoms with Crippen LogP contribution in [0.5, 0.6) is 0 Å². The number of carbonyl (C=O) groups excluding carboxylic acids is 1. The Bertz CT molecular complexity index is 601. The quantitative estimate of drug-likeness (QED) is 0.726. The van der Waals surface area contributed by atoms with Gasteiger partial charge in [-0.1, -0.05) is 13.8 Å². The van der Waals surface area contributed by atoms with E-state index in [2.05, 4.69) is 13.8 Å². The Labute approximate surface area is 157 Å². The molecule has 1 N–H and O–H groups in total. The molecule has 4 aliphatic rings. The fourth-order valence-electron chi connectivity index (χ4n) is 7.97. The minimum absolute atomic E-state index is 0.00510. The van der Waals surface area contributed by atoms with Crippen LogP contribution in [-0.4, -0.2) is 23.1 Å². The summed E-state index contributed by atoms with van der Waals surface area (Å²) >= 11 is 0. The number of hydrogen-bond acceptors (Lipinski definition) is 3. The van der Waals surface area contributed by atoms with Crippen LogP contribution >= 0.6 is 0 Å². The van der Waals surface area contributed by atoms with Gasteiger partial charge in [0.25, 0.3) is 0 Å². The molecule has 4 heteroatoms. The summed E-state index contributed by atoms with van der Waals surface area (Å²) in [6.07, 6.45) is 9.98. The molecule has 0 radical (unpaired) electrons. The molecule has 0 spiro atoms. The van der Waals surface area contributed by atoms with Crippen molar-refractivity contribution in [3.8, 4) is 0 Å². The van der Waals surface area contributed by atoms with E-state index in [-0.39, 0.29) is 23.4 Å². The Morgan fingerprint density at radius 3 is 2.31 bits per heavy atom. The lowest BCUT2D eigenvalue weighted by atomic mass is 9.44. The first-order valence-corrected chi connectivity index (χ1v) is 10.7. The number of carbonyl (C=O) groups is 2. The van der Waals surface area contributed by atoms with Gasteiger partial charge in [0.1, 0.15) is 6.10 Å². The maximum absolute atomic E-state index is 11.8. The van der Waals surface area contributed by atoms with Gasteiger partial charge in [-0.25, -0.2) is 0 Å². The van der Waals surface area contributed by atoms with E-state index in [1.54, 1.807) is 0 Å². The van der Waals surface area contributed by atoms with Crippen LogP contribution in [-0.2, 0) is 14.3 Å². The van der Waals surface area contributed by atoms with Gasteiger partial charge in [-0.15, -0.1) is 0 Å². The smallest absolute Gasteiger partial charge is 0.307 e. The van der Waals surface area contributed by atoms with Gasteiger partial charge in [-0.3, -0.25) is 9.59 Å². The molecule has 4 saturated carbocycles. The number of aliphatic carboxylic acids is 1. The molecule has 0 heterocycles. The second-order valence-electron chi connectivity index (χ2n) is 10.2. The van der Waals surface area contributed by atoms with Crippen LogP contribution in [0.25, 0.3) is 0 Å². The fourth-order valence-corrected chi connectivity index (χ4v) is 7.97. The topological polar surface area (TPSA) is 63.6 Å². The third-order valence-electron chi connectivity index (χ3n) is 9.25. The number of carboxylic acid groups (broad SMARTS) is 1. The molecule has 4 nitrogen and oxygen atoms in total. The Morgan fingerprint density at radius 1 is 0.923 bits per heavy atom. The second kappa shape index (κ2) is 6.24. The Kier molecular flexibility index (Phi) is 4.39. The highest BCUT2D eigenvalue weighted by Crippen LogP contribution is 2.67. The Hall–Kier alpha value is -1.06. The molecule has 0 aromatic rings. The van der Waals surface area contributed by atoms with E-state index in [1.807, 2.05) is 0 Å². The third kappa shape index (κ3) is 2.62. The summed E-state index contributed by atoms with van der Waals surface area (Å²) in [7, 11) is 0. The number of rotatable bonds is 2. The van der Waals surface area contributed by atoms with Crippen LogP contribution in [0.1, 0.15) is 78.6 Å². The van der Waals surface area contributed by atoms with Gasteiger partial charge in [0, 0.05) is 6.92 Å². The van der Waals surface area contributed by atoms with Crippen LogP contribution in [0, 0.1) is 40.4 Å². The molecule has 0 aromatic heterocycles. The zero-order chi connectivity index (χ0) is 18.7. The van der Waals surface area contributed by atoms with Crippen molar-refractivity contribution in [1.82, 2.24) is 0 Å². The number of carboxylic acids is 1. The fraction of sp³-hybridized carbons (Fsp3) is 0.909. The minimum Gasteiger partial charge on any atom is -0.481 e. The van der Waals surface area contributed by atoms with E-state index < -0.39 is 5.97 Å². The number of esters is 1. The summed E-state index contributed by atoms with van der Waals surface area (Å²) in [5.41, 5.74) is 0.355. The molecule has 0 aromatic carbocycles. The zero-order valence-electron chi connectivity index (χ0n) is 16.5. The van der Waals surface area contributed by atoms with Crippen molar-refractivity contribution in [2.45, 2.75) is 84.7 Å². The van der Waals surface area contributed by atoms with Crippen molar-refractivity contribution in [2.24, 2.45) is 40.4 Å². The lowest BCUT2D eigenvalue weighted by molar-refractivity contribution is -0.163. The summed E-state index contributed by atoms with van der Waals surface area (Å²) in [5, 5.41) is 9.71. The average molecular weight is 363 g/mol. The van der Waals surface area contributed by atoms with Crippen molar-refractivity contribution in [3.63, 3.8) is 0 Å². The molecule has 0 amide bonds. The van der Waals surface area contributed by atoms with Gasteiger partial charge < -0.3 is 9.84 Å². The SMILES string of the molecule is CC(=O)O[C@@H]1CC[C@@]2(C)[C@@H](CC[C@@H]3[C@H]2CC[C@@]2(C)[C@@H]3CC[C@H]2C(=O)O)C1. The molecule has 0 bridgehead atoms. The van der Waals surface area contributed by atoms with E-state index in [1.165, 1.54) is 26.2 Å². The minimum atomic E-state index is -0.574. The Balaban J connectivity index is 1.54. The van der Waals surface area contributed by atoms with Gasteiger partial charge in [0.05, 0.1) is 5.92 Å². The molecule has 4 fully saturated rings. The molecule has 0 saturated heterocycles. The number of hydrogen-bond donors (Lipinski definition) is 1. The summed E-state index contributed by atoms with van der Waals surface area (Å²) in [6, 6.07) is 0. The number of fused-ring (bicyclic) bond motifs is 5. The molecule has 8 atom stereocenters. The molecule has 0 aliphatic heterocycles. The zero-order valence-corrected chi connectivity index (χ0v) is 16.5. The monoisotopic (exact) mass is 362 g/mol. The van der Waals surface area contributed by atoms with Crippen LogP contribution in [0.2, 0.25) is 0 Å². The lowest BCUT2D eigenvalue weighted by Crippen LogP contribution is -2.54. The van der Waals surface area contributed by atoms with Gasteiger partial charge in [-0.2, -0.15) is 0 Å². The van der Waals surface area contributed by atoms with E-state index in [0.717, 1.165) is 44.4 Å². The Morgan fingerprint density at radius 2 is 1.62 bits per heavy atom. The lowest BCUT2D eigenvalue weighted by Gasteiger charge is -2.60. The molecule has 26 heavy (non-hydrogen) atoms. The summed E-state index contributed by atoms with van der Waals surface area (Å²) in [6.45, 7) is 6.28. The largest absolute Gasteiger partial charge is 0.481 e. The van der Waals surface area contributed by atoms with Crippen molar-refractivity contribution in [2.75, 3.05) is 0 Å². The van der Waals surface area contributed by atoms with E-state index >= 15 is 0 Å². The van der Waals surface area contributed by atoms with Crippen LogP contribution < -0.4 is 0 Å².